The number of aromatic nitrogens is 2. The first-order valence-corrected chi connectivity index (χ1v) is 11.8. The molecule has 0 aliphatic carbocycles. The molecule has 0 saturated carbocycles. The summed E-state index contributed by atoms with van der Waals surface area (Å²) in [6, 6.07) is 7.05. The fourth-order valence-corrected chi connectivity index (χ4v) is 4.23. The van der Waals surface area contributed by atoms with Gasteiger partial charge in [0.1, 0.15) is 35.4 Å². The van der Waals surface area contributed by atoms with E-state index in [1.165, 1.54) is 31.3 Å². The van der Waals surface area contributed by atoms with Gasteiger partial charge in [-0.3, -0.25) is 14.4 Å². The second-order valence-corrected chi connectivity index (χ2v) is 9.10. The molecule has 12 nitrogen and oxygen atoms in total. The normalized spacial score (nSPS) is 19.9. The van der Waals surface area contributed by atoms with Crippen molar-refractivity contribution in [3.63, 3.8) is 0 Å². The predicted molar refractivity (Wildman–Crippen MR) is 134 cm³/mol. The van der Waals surface area contributed by atoms with Crippen molar-refractivity contribution in [2.75, 3.05) is 0 Å². The van der Waals surface area contributed by atoms with Crippen LogP contribution in [0.3, 0.4) is 0 Å². The molecule has 4 bridgehead atoms. The largest absolute Gasteiger partial charge is 0.508 e. The molecule has 0 saturated heterocycles. The van der Waals surface area contributed by atoms with Crippen LogP contribution in [0.15, 0.2) is 48.7 Å². The molecule has 1 aliphatic rings. The Labute approximate surface area is 217 Å². The number of nitrogens with one attached hydrogen (secondary N) is 4. The smallest absolute Gasteiger partial charge is 0.326 e. The van der Waals surface area contributed by atoms with Gasteiger partial charge in [0.25, 0.3) is 0 Å². The maximum Gasteiger partial charge on any atom is 0.326 e. The Bertz CT molecular complexity index is 1370. The third-order valence-electron chi connectivity index (χ3n) is 6.13. The summed E-state index contributed by atoms with van der Waals surface area (Å²) in [4.78, 5) is 57.8. The molecule has 7 N–H and O–H groups in total. The second kappa shape index (κ2) is 11.0. The Hall–Kier alpha value is -4.87. The van der Waals surface area contributed by atoms with E-state index in [1.54, 1.807) is 24.3 Å². The third kappa shape index (κ3) is 6.27. The highest BCUT2D eigenvalue weighted by atomic mass is 16.4. The van der Waals surface area contributed by atoms with Gasteiger partial charge in [-0.2, -0.15) is 0 Å². The topological polar surface area (TPSA) is 194 Å². The molecule has 2 aromatic carbocycles. The number of amides is 3. The number of aromatic hydroxyl groups is 2. The average Bonchev–Trinajstić information content (AvgIpc) is 3.32. The van der Waals surface area contributed by atoms with Crippen molar-refractivity contribution in [1.29, 1.82) is 0 Å². The summed E-state index contributed by atoms with van der Waals surface area (Å²) < 4.78 is 0. The SMILES string of the molecule is CC(=O)NC1Cc2ccc(O)c(c2)-c2ncc([nH]2)CC(C(=O)O)NC(=O)C(Cc2ccc(O)cc2)NC1=O. The summed E-state index contributed by atoms with van der Waals surface area (Å²) in [6.45, 7) is 1.26. The van der Waals surface area contributed by atoms with Crippen molar-refractivity contribution in [3.05, 3.63) is 65.5 Å². The zero-order valence-corrected chi connectivity index (χ0v) is 20.4. The van der Waals surface area contributed by atoms with E-state index in [0.717, 1.165) is 0 Å². The van der Waals surface area contributed by atoms with Crippen molar-refractivity contribution in [3.8, 4) is 22.9 Å². The molecule has 198 valence electrons. The molecular weight excluding hydrogens is 494 g/mol. The number of H-pyrrole nitrogens is 1. The lowest BCUT2D eigenvalue weighted by Gasteiger charge is -2.24. The van der Waals surface area contributed by atoms with Crippen molar-refractivity contribution in [1.82, 2.24) is 25.9 Å². The molecule has 3 amide bonds. The number of carboxylic acid groups (broad SMARTS) is 1. The van der Waals surface area contributed by atoms with E-state index in [4.69, 9.17) is 0 Å². The first-order chi connectivity index (χ1) is 18.1. The van der Waals surface area contributed by atoms with E-state index >= 15 is 0 Å². The molecule has 0 radical (unpaired) electrons. The number of fused-ring (bicyclic) bond motifs is 5. The summed E-state index contributed by atoms with van der Waals surface area (Å²) in [7, 11) is 0. The lowest BCUT2D eigenvalue weighted by molar-refractivity contribution is -0.142. The summed E-state index contributed by atoms with van der Waals surface area (Å²) >= 11 is 0. The van der Waals surface area contributed by atoms with Gasteiger partial charge in [-0.25, -0.2) is 9.78 Å². The summed E-state index contributed by atoms with van der Waals surface area (Å²) in [5.74, 6) is -2.96. The number of carboxylic acids is 1. The van der Waals surface area contributed by atoms with E-state index in [2.05, 4.69) is 25.9 Å². The molecule has 3 atom stereocenters. The Balaban J connectivity index is 1.75. The van der Waals surface area contributed by atoms with Gasteiger partial charge < -0.3 is 36.3 Å². The van der Waals surface area contributed by atoms with Crippen LogP contribution in [0.1, 0.15) is 23.7 Å². The summed E-state index contributed by atoms with van der Waals surface area (Å²) in [6.07, 6.45) is 1.32. The van der Waals surface area contributed by atoms with Gasteiger partial charge in [0.05, 0.1) is 5.56 Å². The molecule has 12 heteroatoms. The molecule has 38 heavy (non-hydrogen) atoms. The number of aromatic amines is 1. The van der Waals surface area contributed by atoms with Crippen LogP contribution >= 0.6 is 0 Å². The number of hydrogen-bond acceptors (Lipinski definition) is 7. The van der Waals surface area contributed by atoms with Crippen molar-refractivity contribution < 1.29 is 34.5 Å². The number of carbonyl (C=O) groups is 4. The maximum absolute atomic E-state index is 13.3. The molecule has 4 rings (SSSR count). The van der Waals surface area contributed by atoms with Gasteiger partial charge in [-0.15, -0.1) is 0 Å². The van der Waals surface area contributed by atoms with Crippen molar-refractivity contribution in [2.24, 2.45) is 0 Å². The Morgan fingerprint density at radius 2 is 1.76 bits per heavy atom. The van der Waals surface area contributed by atoms with E-state index in [0.29, 0.717) is 22.4 Å². The van der Waals surface area contributed by atoms with Gasteiger partial charge in [-0.05, 0) is 35.4 Å². The third-order valence-corrected chi connectivity index (χ3v) is 6.13. The summed E-state index contributed by atoms with van der Waals surface area (Å²) in [5, 5.41) is 37.5. The lowest BCUT2D eigenvalue weighted by atomic mass is 10.00. The van der Waals surface area contributed by atoms with Gasteiger partial charge in [0, 0.05) is 38.1 Å². The number of hydrogen-bond donors (Lipinski definition) is 7. The molecule has 3 aromatic rings. The average molecular weight is 522 g/mol. The first-order valence-electron chi connectivity index (χ1n) is 11.8. The zero-order valence-electron chi connectivity index (χ0n) is 20.4. The number of benzene rings is 2. The summed E-state index contributed by atoms with van der Waals surface area (Å²) in [5.41, 5.74) is 1.93. The highest BCUT2D eigenvalue weighted by molar-refractivity contribution is 5.93. The van der Waals surface area contributed by atoms with Crippen LogP contribution in [-0.2, 0) is 38.4 Å². The van der Waals surface area contributed by atoms with Crippen molar-refractivity contribution in [2.45, 2.75) is 44.3 Å². The van der Waals surface area contributed by atoms with Crippen LogP contribution in [0, 0.1) is 0 Å². The van der Waals surface area contributed by atoms with Crippen LogP contribution in [0.25, 0.3) is 11.4 Å². The van der Waals surface area contributed by atoms with E-state index < -0.39 is 41.8 Å². The fourth-order valence-electron chi connectivity index (χ4n) is 4.23. The molecule has 0 spiro atoms. The zero-order chi connectivity index (χ0) is 27.4. The minimum absolute atomic E-state index is 0.00541. The van der Waals surface area contributed by atoms with Crippen LogP contribution in [0.5, 0.6) is 11.5 Å². The Kier molecular flexibility index (Phi) is 7.61. The molecule has 1 aliphatic heterocycles. The molecular formula is C26H27N5O7. The fraction of sp³-hybridized carbons (Fsp3) is 0.269. The number of aliphatic carboxylic acids is 1. The highest BCUT2D eigenvalue weighted by Gasteiger charge is 2.30. The number of imidazole rings is 1. The Morgan fingerprint density at radius 3 is 2.45 bits per heavy atom. The predicted octanol–water partition coefficient (Wildman–Crippen LogP) is 0.388. The molecule has 3 unspecified atom stereocenters. The minimum Gasteiger partial charge on any atom is -0.508 e. The number of phenols is 2. The molecule has 1 aromatic heterocycles. The highest BCUT2D eigenvalue weighted by Crippen LogP contribution is 2.29. The lowest BCUT2D eigenvalue weighted by Crippen LogP contribution is -2.57. The first kappa shape index (κ1) is 26.2. The number of phenolic OH excluding ortho intramolecular Hbond substituents is 2. The van der Waals surface area contributed by atoms with E-state index in [-0.39, 0.29) is 36.6 Å². The van der Waals surface area contributed by atoms with Gasteiger partial charge in [0.15, 0.2) is 0 Å². The van der Waals surface area contributed by atoms with Crippen LogP contribution in [0.4, 0.5) is 0 Å². The quantitative estimate of drug-likeness (QED) is 0.256. The number of carbonyl (C=O) groups excluding carboxylic acids is 3. The van der Waals surface area contributed by atoms with Gasteiger partial charge in [-0.1, -0.05) is 18.2 Å². The standard InChI is InChI=1S/C26H27N5O7/c1-13(32)28-19-10-15-4-7-22(34)18(8-15)23-27-12-16(29-23)11-21(26(37)38)31-25(36)20(30-24(19)35)9-14-2-5-17(33)6-3-14/h2-8,12,19-21,33-34H,9-11H2,1H3,(H,27,29)(H,28,32)(H,30,35)(H,31,36)(H,37,38). The van der Waals surface area contributed by atoms with E-state index in [1.807, 2.05) is 0 Å². The molecule has 2 heterocycles. The maximum atomic E-state index is 13.3. The monoisotopic (exact) mass is 521 g/mol. The van der Waals surface area contributed by atoms with Gasteiger partial charge in [0.2, 0.25) is 17.7 Å². The Morgan fingerprint density at radius 1 is 1.03 bits per heavy atom. The number of rotatable bonds is 4. The molecule has 0 fully saturated rings. The number of nitrogens with zero attached hydrogens (tertiary/aromatic N) is 1. The van der Waals surface area contributed by atoms with Crippen LogP contribution < -0.4 is 16.0 Å². The van der Waals surface area contributed by atoms with Crippen molar-refractivity contribution >= 4 is 23.7 Å². The van der Waals surface area contributed by atoms with E-state index in [9.17, 15) is 34.5 Å². The van der Waals surface area contributed by atoms with Gasteiger partial charge >= 0.3 is 5.97 Å². The van der Waals surface area contributed by atoms with Crippen LogP contribution in [0.2, 0.25) is 0 Å². The van der Waals surface area contributed by atoms with Crippen LogP contribution in [-0.4, -0.2) is 67.1 Å². The minimum atomic E-state index is -1.36. The second-order valence-electron chi connectivity index (χ2n) is 9.10.